The summed E-state index contributed by atoms with van der Waals surface area (Å²) in [5.41, 5.74) is 0. The van der Waals surface area contributed by atoms with Crippen molar-refractivity contribution in [3.8, 4) is 0 Å². The molecule has 1 unspecified atom stereocenters. The van der Waals surface area contributed by atoms with Crippen molar-refractivity contribution in [3.63, 3.8) is 0 Å². The summed E-state index contributed by atoms with van der Waals surface area (Å²) in [7, 11) is 1.90. The zero-order valence-electron chi connectivity index (χ0n) is 10.5. The van der Waals surface area contributed by atoms with Crippen LogP contribution in [0.25, 0.3) is 0 Å². The molecule has 0 saturated carbocycles. The van der Waals surface area contributed by atoms with Crippen LogP contribution in [0.15, 0.2) is 0 Å². The first-order valence-corrected chi connectivity index (χ1v) is 5.98. The predicted molar refractivity (Wildman–Crippen MR) is 63.2 cm³/mol. The van der Waals surface area contributed by atoms with E-state index in [1.807, 2.05) is 23.8 Å². The number of hydrogen-bond donors (Lipinski definition) is 0. The van der Waals surface area contributed by atoms with Gasteiger partial charge in [0.05, 0.1) is 6.54 Å². The maximum Gasteiger partial charge on any atom is 0.236 e. The van der Waals surface area contributed by atoms with Gasteiger partial charge < -0.3 is 4.90 Å². The number of likely N-dealkylation sites (tertiary alicyclic amines) is 1. The Hall–Kier alpha value is -0.900. The Labute approximate surface area is 97.6 Å². The maximum absolute atomic E-state index is 11.8. The Morgan fingerprint density at radius 2 is 1.88 bits per heavy atom. The first-order valence-electron chi connectivity index (χ1n) is 5.98. The second-order valence-corrected chi connectivity index (χ2v) is 4.76. The van der Waals surface area contributed by atoms with Crippen molar-refractivity contribution in [2.24, 2.45) is 0 Å². The second-order valence-electron chi connectivity index (χ2n) is 4.76. The second kappa shape index (κ2) is 5.99. The third-order valence-corrected chi connectivity index (χ3v) is 3.18. The molecule has 0 spiro atoms. The lowest BCUT2D eigenvalue weighted by Crippen LogP contribution is -2.41. The monoisotopic (exact) mass is 226 g/mol. The van der Waals surface area contributed by atoms with E-state index in [0.29, 0.717) is 13.0 Å². The first-order chi connectivity index (χ1) is 7.50. The Kier molecular flexibility index (Phi) is 4.93. The molecule has 1 fully saturated rings. The molecule has 0 N–H and O–H groups in total. The number of carbonyl (C=O) groups excluding carboxylic acids is 2. The number of likely N-dealkylation sites (N-methyl/N-ethyl adjacent to an activating group) is 1. The lowest BCUT2D eigenvalue weighted by atomic mass is 10.1. The minimum atomic E-state index is 0.143. The van der Waals surface area contributed by atoms with E-state index in [2.05, 4.69) is 0 Å². The smallest absolute Gasteiger partial charge is 0.236 e. The highest BCUT2D eigenvalue weighted by molar-refractivity contribution is 5.79. The molecule has 1 heterocycles. The van der Waals surface area contributed by atoms with Gasteiger partial charge >= 0.3 is 0 Å². The molecule has 92 valence electrons. The highest BCUT2D eigenvalue weighted by atomic mass is 16.2. The Morgan fingerprint density at radius 1 is 1.31 bits per heavy atom. The number of hydrogen-bond acceptors (Lipinski definition) is 3. The topological polar surface area (TPSA) is 40.6 Å². The molecule has 16 heavy (non-hydrogen) atoms. The Bertz CT molecular complexity index is 260. The summed E-state index contributed by atoms with van der Waals surface area (Å²) in [6.45, 7) is 5.79. The van der Waals surface area contributed by atoms with Crippen molar-refractivity contribution < 1.29 is 9.59 Å². The average molecular weight is 226 g/mol. The van der Waals surface area contributed by atoms with Crippen LogP contribution >= 0.6 is 0 Å². The molecule has 0 radical (unpaired) electrons. The molecule has 1 saturated heterocycles. The summed E-state index contributed by atoms with van der Waals surface area (Å²) in [5, 5.41) is 0. The number of rotatable bonds is 5. The minimum absolute atomic E-state index is 0.143. The van der Waals surface area contributed by atoms with Gasteiger partial charge in [-0.1, -0.05) is 0 Å². The van der Waals surface area contributed by atoms with E-state index in [0.717, 1.165) is 25.9 Å². The maximum atomic E-state index is 11.8. The summed E-state index contributed by atoms with van der Waals surface area (Å²) in [5.74, 6) is 0.364. The lowest BCUT2D eigenvalue weighted by molar-refractivity contribution is -0.132. The van der Waals surface area contributed by atoms with Gasteiger partial charge in [-0.15, -0.1) is 0 Å². The van der Waals surface area contributed by atoms with Crippen molar-refractivity contribution in [1.29, 1.82) is 0 Å². The summed E-state index contributed by atoms with van der Waals surface area (Å²) >= 11 is 0. The van der Waals surface area contributed by atoms with Crippen LogP contribution in [-0.2, 0) is 9.59 Å². The van der Waals surface area contributed by atoms with E-state index in [9.17, 15) is 9.59 Å². The molecule has 4 heteroatoms. The molecule has 0 bridgehead atoms. The standard InChI is InChI=1S/C12H22N2O2/c1-10(8-11(2)15)13(3)9-12(16)14-6-4-5-7-14/h10H,4-9H2,1-3H3. The predicted octanol–water partition coefficient (Wildman–Crippen LogP) is 0.908. The van der Waals surface area contributed by atoms with Crippen LogP contribution in [0.3, 0.4) is 0 Å². The average Bonchev–Trinajstić information content (AvgIpc) is 2.68. The summed E-state index contributed by atoms with van der Waals surface area (Å²) < 4.78 is 0. The largest absolute Gasteiger partial charge is 0.342 e. The van der Waals surface area contributed by atoms with Crippen LogP contribution in [0.4, 0.5) is 0 Å². The lowest BCUT2D eigenvalue weighted by Gasteiger charge is -2.25. The molecule has 1 amide bonds. The summed E-state index contributed by atoms with van der Waals surface area (Å²) in [4.78, 5) is 26.7. The van der Waals surface area contributed by atoms with Crippen molar-refractivity contribution >= 4 is 11.7 Å². The summed E-state index contributed by atoms with van der Waals surface area (Å²) in [6.07, 6.45) is 2.76. The number of nitrogens with zero attached hydrogens (tertiary/aromatic N) is 2. The van der Waals surface area contributed by atoms with Gasteiger partial charge in [0.1, 0.15) is 5.78 Å². The minimum Gasteiger partial charge on any atom is -0.342 e. The van der Waals surface area contributed by atoms with Crippen LogP contribution in [0.5, 0.6) is 0 Å². The molecule has 0 aromatic heterocycles. The van der Waals surface area contributed by atoms with Gasteiger partial charge in [0.25, 0.3) is 0 Å². The number of carbonyl (C=O) groups is 2. The molecular formula is C12H22N2O2. The highest BCUT2D eigenvalue weighted by Gasteiger charge is 2.21. The Balaban J connectivity index is 2.34. The van der Waals surface area contributed by atoms with Gasteiger partial charge in [0, 0.05) is 25.6 Å². The van der Waals surface area contributed by atoms with Gasteiger partial charge in [0.2, 0.25) is 5.91 Å². The zero-order valence-corrected chi connectivity index (χ0v) is 10.5. The third-order valence-electron chi connectivity index (χ3n) is 3.18. The fourth-order valence-electron chi connectivity index (χ4n) is 2.01. The number of amides is 1. The van der Waals surface area contributed by atoms with Gasteiger partial charge in [-0.25, -0.2) is 0 Å². The molecule has 1 atom stereocenters. The van der Waals surface area contributed by atoms with Gasteiger partial charge in [0.15, 0.2) is 0 Å². The van der Waals surface area contributed by atoms with Crippen LogP contribution < -0.4 is 0 Å². The van der Waals surface area contributed by atoms with Gasteiger partial charge in [-0.2, -0.15) is 0 Å². The van der Waals surface area contributed by atoms with E-state index in [-0.39, 0.29) is 17.7 Å². The van der Waals surface area contributed by atoms with E-state index in [1.165, 1.54) is 0 Å². The molecule has 0 aromatic carbocycles. The fraction of sp³-hybridized carbons (Fsp3) is 0.833. The molecular weight excluding hydrogens is 204 g/mol. The SMILES string of the molecule is CC(=O)CC(C)N(C)CC(=O)N1CCCC1. The Morgan fingerprint density at radius 3 is 2.38 bits per heavy atom. The van der Waals surface area contributed by atoms with Crippen LogP contribution in [0.1, 0.15) is 33.1 Å². The highest BCUT2D eigenvalue weighted by Crippen LogP contribution is 2.09. The van der Waals surface area contributed by atoms with Crippen molar-refractivity contribution in [2.45, 2.75) is 39.2 Å². The molecule has 0 aromatic rings. The normalized spacial score (nSPS) is 17.9. The summed E-state index contributed by atoms with van der Waals surface area (Å²) in [6, 6.07) is 0.143. The van der Waals surface area contributed by atoms with Crippen LogP contribution in [0.2, 0.25) is 0 Å². The number of ketones is 1. The van der Waals surface area contributed by atoms with Gasteiger partial charge in [-0.05, 0) is 33.7 Å². The van der Waals surface area contributed by atoms with E-state index in [4.69, 9.17) is 0 Å². The molecule has 1 aliphatic heterocycles. The van der Waals surface area contributed by atoms with Crippen molar-refractivity contribution in [3.05, 3.63) is 0 Å². The third kappa shape index (κ3) is 3.93. The number of Topliss-reactive ketones (excluding diaryl/α,β-unsaturated/α-hetero) is 1. The molecule has 1 aliphatic rings. The van der Waals surface area contributed by atoms with Gasteiger partial charge in [-0.3, -0.25) is 14.5 Å². The van der Waals surface area contributed by atoms with Crippen LogP contribution in [-0.4, -0.2) is 54.2 Å². The van der Waals surface area contributed by atoms with E-state index in [1.54, 1.807) is 6.92 Å². The van der Waals surface area contributed by atoms with Crippen molar-refractivity contribution in [1.82, 2.24) is 9.80 Å². The zero-order chi connectivity index (χ0) is 12.1. The molecule has 1 rings (SSSR count). The van der Waals surface area contributed by atoms with E-state index >= 15 is 0 Å². The fourth-order valence-corrected chi connectivity index (χ4v) is 2.01. The van der Waals surface area contributed by atoms with Crippen molar-refractivity contribution in [2.75, 3.05) is 26.7 Å². The van der Waals surface area contributed by atoms with E-state index < -0.39 is 0 Å². The molecule has 0 aliphatic carbocycles. The first kappa shape index (κ1) is 13.2. The van der Waals surface area contributed by atoms with Crippen LogP contribution in [0, 0.1) is 0 Å². The quantitative estimate of drug-likeness (QED) is 0.699. The molecule has 4 nitrogen and oxygen atoms in total.